The number of fused-ring (bicyclic) bond motifs is 3. The van der Waals surface area contributed by atoms with Crippen LogP contribution >= 0.6 is 0 Å². The molecule has 8 atom stereocenters. The summed E-state index contributed by atoms with van der Waals surface area (Å²) in [5.41, 5.74) is 0.242. The molecule has 0 heterocycles. The molecule has 0 unspecified atom stereocenters. The van der Waals surface area contributed by atoms with Gasteiger partial charge in [-0.15, -0.1) is 0 Å². The van der Waals surface area contributed by atoms with Crippen LogP contribution in [0.25, 0.3) is 0 Å². The Morgan fingerprint density at radius 3 is 2.21 bits per heavy atom. The molecular formula is C29H50O4. The van der Waals surface area contributed by atoms with Gasteiger partial charge in [0.25, 0.3) is 0 Å². The van der Waals surface area contributed by atoms with Gasteiger partial charge < -0.3 is 9.47 Å². The van der Waals surface area contributed by atoms with Crippen molar-refractivity contribution >= 4 is 11.9 Å². The Morgan fingerprint density at radius 1 is 0.879 bits per heavy atom. The van der Waals surface area contributed by atoms with Crippen molar-refractivity contribution in [3.63, 3.8) is 0 Å². The smallest absolute Gasteiger partial charge is 0.306 e. The largest absolute Gasteiger partial charge is 0.469 e. The highest BCUT2D eigenvalue weighted by Gasteiger charge is 2.60. The quantitative estimate of drug-likeness (QED) is 0.344. The summed E-state index contributed by atoms with van der Waals surface area (Å²) in [5.74, 6) is 4.26. The number of carbonyl (C=O) groups excluding carboxylic acids is 2. The number of hydrogen-bond acceptors (Lipinski definition) is 4. The lowest BCUT2D eigenvalue weighted by atomic mass is 9.45. The topological polar surface area (TPSA) is 52.6 Å². The van der Waals surface area contributed by atoms with Crippen LogP contribution in [0.15, 0.2) is 0 Å². The third kappa shape index (κ3) is 5.30. The lowest BCUT2D eigenvalue weighted by molar-refractivity contribution is -0.159. The first-order valence-corrected chi connectivity index (χ1v) is 13.7. The van der Waals surface area contributed by atoms with E-state index in [4.69, 9.17) is 9.47 Å². The van der Waals surface area contributed by atoms with Crippen LogP contribution in [0.2, 0.25) is 0 Å². The van der Waals surface area contributed by atoms with E-state index in [9.17, 15) is 9.59 Å². The molecule has 33 heavy (non-hydrogen) atoms. The summed E-state index contributed by atoms with van der Waals surface area (Å²) >= 11 is 0. The first-order chi connectivity index (χ1) is 15.6. The van der Waals surface area contributed by atoms with Gasteiger partial charge in [-0.25, -0.2) is 0 Å². The van der Waals surface area contributed by atoms with Crippen molar-refractivity contribution in [1.82, 2.24) is 0 Å². The summed E-state index contributed by atoms with van der Waals surface area (Å²) in [5, 5.41) is 0. The van der Waals surface area contributed by atoms with Crippen molar-refractivity contribution in [2.24, 2.45) is 52.3 Å². The minimum absolute atomic E-state index is 0.135. The highest BCUT2D eigenvalue weighted by molar-refractivity contribution is 5.71. The molecule has 0 radical (unpaired) electrons. The maximum absolute atomic E-state index is 12.5. The van der Waals surface area contributed by atoms with Crippen molar-refractivity contribution in [3.05, 3.63) is 0 Å². The second kappa shape index (κ2) is 10.7. The van der Waals surface area contributed by atoms with E-state index in [0.717, 1.165) is 30.1 Å². The fourth-order valence-electron chi connectivity index (χ4n) is 8.84. The molecule has 0 amide bonds. The maximum Gasteiger partial charge on any atom is 0.306 e. The molecule has 0 aromatic rings. The van der Waals surface area contributed by atoms with Crippen molar-refractivity contribution in [3.8, 4) is 0 Å². The molecule has 3 rings (SSSR count). The summed E-state index contributed by atoms with van der Waals surface area (Å²) in [4.78, 5) is 24.7. The second-order valence-corrected chi connectivity index (χ2v) is 12.7. The highest BCUT2D eigenvalue weighted by atomic mass is 16.5. The zero-order valence-corrected chi connectivity index (χ0v) is 22.5. The Balaban J connectivity index is 1.79. The van der Waals surface area contributed by atoms with Crippen LogP contribution in [-0.2, 0) is 19.1 Å². The van der Waals surface area contributed by atoms with Gasteiger partial charge in [0.05, 0.1) is 20.6 Å². The van der Waals surface area contributed by atoms with Crippen molar-refractivity contribution in [1.29, 1.82) is 0 Å². The number of esters is 2. The Bertz CT molecular complexity index is 687. The molecule has 0 N–H and O–H groups in total. The molecule has 190 valence electrons. The molecule has 0 bridgehead atoms. The minimum atomic E-state index is -0.188. The molecule has 3 aliphatic rings. The van der Waals surface area contributed by atoms with E-state index < -0.39 is 0 Å². The molecular weight excluding hydrogens is 412 g/mol. The van der Waals surface area contributed by atoms with Crippen molar-refractivity contribution < 1.29 is 19.1 Å². The number of methoxy groups -OCH3 is 2. The van der Waals surface area contributed by atoms with Crippen LogP contribution in [0.4, 0.5) is 0 Å². The predicted molar refractivity (Wildman–Crippen MR) is 132 cm³/mol. The summed E-state index contributed by atoms with van der Waals surface area (Å²) in [6.45, 7) is 12.1. The van der Waals surface area contributed by atoms with Crippen LogP contribution < -0.4 is 0 Å². The average Bonchev–Trinajstić information content (AvgIpc) is 3.12. The summed E-state index contributed by atoms with van der Waals surface area (Å²) < 4.78 is 10.2. The maximum atomic E-state index is 12.5. The van der Waals surface area contributed by atoms with Gasteiger partial charge in [0.1, 0.15) is 0 Å². The van der Waals surface area contributed by atoms with Crippen molar-refractivity contribution in [2.45, 2.75) is 105 Å². The molecule has 0 aromatic heterocycles. The fourth-order valence-corrected chi connectivity index (χ4v) is 8.84. The van der Waals surface area contributed by atoms with Gasteiger partial charge in [0.2, 0.25) is 0 Å². The van der Waals surface area contributed by atoms with Crippen LogP contribution in [0.1, 0.15) is 105 Å². The molecule has 4 heteroatoms. The van der Waals surface area contributed by atoms with E-state index in [1.54, 1.807) is 0 Å². The van der Waals surface area contributed by atoms with E-state index in [-0.39, 0.29) is 23.3 Å². The van der Waals surface area contributed by atoms with Crippen molar-refractivity contribution in [2.75, 3.05) is 14.2 Å². The van der Waals surface area contributed by atoms with Crippen LogP contribution in [0.3, 0.4) is 0 Å². The van der Waals surface area contributed by atoms with Crippen LogP contribution in [-0.4, -0.2) is 26.2 Å². The van der Waals surface area contributed by atoms with E-state index in [0.29, 0.717) is 30.1 Å². The lowest BCUT2D eigenvalue weighted by Gasteiger charge is -2.59. The average molecular weight is 463 g/mol. The van der Waals surface area contributed by atoms with E-state index in [1.165, 1.54) is 65.6 Å². The molecule has 0 aliphatic heterocycles. The van der Waals surface area contributed by atoms with Gasteiger partial charge in [-0.3, -0.25) is 9.59 Å². The Morgan fingerprint density at radius 2 is 1.58 bits per heavy atom. The Kier molecular flexibility index (Phi) is 8.60. The second-order valence-electron chi connectivity index (χ2n) is 12.7. The van der Waals surface area contributed by atoms with Gasteiger partial charge in [-0.05, 0) is 90.8 Å². The molecule has 3 fully saturated rings. The third-order valence-corrected chi connectivity index (χ3v) is 10.7. The molecule has 4 nitrogen and oxygen atoms in total. The van der Waals surface area contributed by atoms with Gasteiger partial charge >= 0.3 is 11.9 Å². The zero-order chi connectivity index (χ0) is 24.4. The van der Waals surface area contributed by atoms with Gasteiger partial charge in [0.15, 0.2) is 0 Å². The Labute approximate surface area is 202 Å². The molecule has 0 saturated heterocycles. The monoisotopic (exact) mass is 462 g/mol. The van der Waals surface area contributed by atoms with Gasteiger partial charge in [0, 0.05) is 6.42 Å². The molecule has 0 aromatic carbocycles. The molecule has 0 spiro atoms. The fraction of sp³-hybridized carbons (Fsp3) is 0.931. The first-order valence-electron chi connectivity index (χ1n) is 13.7. The van der Waals surface area contributed by atoms with Gasteiger partial charge in [-0.2, -0.15) is 0 Å². The molecule has 3 saturated carbocycles. The summed E-state index contributed by atoms with van der Waals surface area (Å²) in [6.07, 6.45) is 12.3. The van der Waals surface area contributed by atoms with E-state index >= 15 is 0 Å². The standard InChI is InChI=1S/C29H50O4/c1-19(2)9-8-10-20(3)23-13-14-24-22-12-11-21(17-26(30)32-6)29(5,18-27(31)33-7)25(22)15-16-28(23,24)4/h19-25H,8-18H2,1-7H3/t20-,21+,22-,23-,24+,25-,28+,29-/m1/s1. The number of rotatable bonds is 9. The number of carbonyl (C=O) groups is 2. The van der Waals surface area contributed by atoms with E-state index in [1.807, 2.05) is 0 Å². The summed E-state index contributed by atoms with van der Waals surface area (Å²) in [6, 6.07) is 0. The number of ether oxygens (including phenoxy) is 2. The number of hydrogen-bond donors (Lipinski definition) is 0. The predicted octanol–water partition coefficient (Wildman–Crippen LogP) is 7.05. The summed E-state index contributed by atoms with van der Waals surface area (Å²) in [7, 11) is 2.96. The highest BCUT2D eigenvalue weighted by Crippen LogP contribution is 2.67. The normalized spacial score (nSPS) is 39.0. The van der Waals surface area contributed by atoms with Crippen LogP contribution in [0, 0.1) is 52.3 Å². The Hall–Kier alpha value is -1.06. The minimum Gasteiger partial charge on any atom is -0.469 e. The lowest BCUT2D eigenvalue weighted by Crippen LogP contribution is -2.53. The van der Waals surface area contributed by atoms with Gasteiger partial charge in [-0.1, -0.05) is 53.9 Å². The molecule has 3 aliphatic carbocycles. The zero-order valence-electron chi connectivity index (χ0n) is 22.5. The van der Waals surface area contributed by atoms with E-state index in [2.05, 4.69) is 34.6 Å². The van der Waals surface area contributed by atoms with Crippen LogP contribution in [0.5, 0.6) is 0 Å². The SMILES string of the molecule is COC(=O)C[C@@H]1CC[C@H]2[C@@H](CC[C@@]3(C)[C@@H]([C@H](C)CCCC(C)C)CC[C@@H]23)[C@]1(C)CC(=O)OC. The first kappa shape index (κ1) is 26.5. The third-order valence-electron chi connectivity index (χ3n) is 10.7.